The smallest absolute Gasteiger partial charge is 0.406 e. The summed E-state index contributed by atoms with van der Waals surface area (Å²) in [5, 5.41) is 5.45. The molecule has 1 heterocycles. The SMILES string of the molecule is CC[C@H](C)Nc1nc(Nc2ccc(OC(F)(F)F)cc2C)cc(C(F)(F)F)n1. The third-order valence-electron chi connectivity index (χ3n) is 3.70. The van der Waals surface area contributed by atoms with Gasteiger partial charge in [0.25, 0.3) is 0 Å². The van der Waals surface area contributed by atoms with E-state index in [0.717, 1.165) is 18.2 Å². The first kappa shape index (κ1) is 21.6. The number of rotatable bonds is 6. The fourth-order valence-corrected chi connectivity index (χ4v) is 2.15. The molecule has 0 aliphatic heterocycles. The van der Waals surface area contributed by atoms with Crippen molar-refractivity contribution in [2.24, 2.45) is 0 Å². The minimum absolute atomic E-state index is 0.152. The molecule has 5 nitrogen and oxygen atoms in total. The highest BCUT2D eigenvalue weighted by molar-refractivity contribution is 5.62. The molecule has 2 rings (SSSR count). The highest BCUT2D eigenvalue weighted by Gasteiger charge is 2.34. The van der Waals surface area contributed by atoms with Crippen LogP contribution in [-0.2, 0) is 6.18 Å². The molecule has 11 heteroatoms. The van der Waals surface area contributed by atoms with Crippen LogP contribution in [-0.4, -0.2) is 22.4 Å². The monoisotopic (exact) mass is 408 g/mol. The van der Waals surface area contributed by atoms with Crippen LogP contribution in [0.25, 0.3) is 0 Å². The maximum atomic E-state index is 13.1. The lowest BCUT2D eigenvalue weighted by molar-refractivity contribution is -0.274. The molecule has 0 unspecified atom stereocenters. The Kier molecular flexibility index (Phi) is 6.25. The number of hydrogen-bond donors (Lipinski definition) is 2. The fraction of sp³-hybridized carbons (Fsp3) is 0.412. The number of nitrogens with one attached hydrogen (secondary N) is 2. The van der Waals surface area contributed by atoms with E-state index >= 15 is 0 Å². The molecule has 2 N–H and O–H groups in total. The van der Waals surface area contributed by atoms with Crippen LogP contribution in [0, 0.1) is 6.92 Å². The van der Waals surface area contributed by atoms with Crippen molar-refractivity contribution in [1.82, 2.24) is 9.97 Å². The van der Waals surface area contributed by atoms with Crippen LogP contribution in [0.1, 0.15) is 31.5 Å². The third kappa shape index (κ3) is 6.17. The Balaban J connectivity index is 2.33. The van der Waals surface area contributed by atoms with Crippen LogP contribution in [0.15, 0.2) is 24.3 Å². The van der Waals surface area contributed by atoms with Gasteiger partial charge in [0.2, 0.25) is 5.95 Å². The first-order valence-corrected chi connectivity index (χ1v) is 8.23. The number of anilines is 3. The van der Waals surface area contributed by atoms with E-state index in [1.807, 2.05) is 6.92 Å². The van der Waals surface area contributed by atoms with Gasteiger partial charge in [-0.15, -0.1) is 13.2 Å². The average molecular weight is 408 g/mol. The number of alkyl halides is 6. The van der Waals surface area contributed by atoms with Crippen molar-refractivity contribution in [2.75, 3.05) is 10.6 Å². The Bertz CT molecular complexity index is 822. The van der Waals surface area contributed by atoms with Gasteiger partial charge in [-0.05, 0) is 44.0 Å². The zero-order chi connectivity index (χ0) is 21.1. The zero-order valence-electron chi connectivity index (χ0n) is 15.2. The first-order valence-electron chi connectivity index (χ1n) is 8.23. The molecule has 1 atom stereocenters. The van der Waals surface area contributed by atoms with Crippen LogP contribution >= 0.6 is 0 Å². The molecular formula is C17H18F6N4O. The predicted molar refractivity (Wildman–Crippen MR) is 91.6 cm³/mol. The van der Waals surface area contributed by atoms with E-state index in [9.17, 15) is 26.3 Å². The molecular weight excluding hydrogens is 390 g/mol. The molecule has 0 saturated carbocycles. The molecule has 0 fully saturated rings. The highest BCUT2D eigenvalue weighted by Crippen LogP contribution is 2.32. The number of benzene rings is 1. The molecule has 1 aromatic carbocycles. The van der Waals surface area contributed by atoms with E-state index in [4.69, 9.17) is 0 Å². The fourth-order valence-electron chi connectivity index (χ4n) is 2.15. The van der Waals surface area contributed by atoms with Crippen molar-refractivity contribution in [3.05, 3.63) is 35.5 Å². The molecule has 154 valence electrons. The number of ether oxygens (including phenoxy) is 1. The normalized spacial score (nSPS) is 13.2. The van der Waals surface area contributed by atoms with Gasteiger partial charge >= 0.3 is 12.5 Å². The van der Waals surface area contributed by atoms with Gasteiger partial charge < -0.3 is 15.4 Å². The van der Waals surface area contributed by atoms with E-state index in [1.165, 1.54) is 13.0 Å². The van der Waals surface area contributed by atoms with Gasteiger partial charge in [-0.3, -0.25) is 0 Å². The van der Waals surface area contributed by atoms with Crippen LogP contribution < -0.4 is 15.4 Å². The summed E-state index contributed by atoms with van der Waals surface area (Å²) in [4.78, 5) is 7.49. The van der Waals surface area contributed by atoms with E-state index < -0.39 is 24.0 Å². The molecule has 28 heavy (non-hydrogen) atoms. The van der Waals surface area contributed by atoms with Crippen molar-refractivity contribution in [3.63, 3.8) is 0 Å². The summed E-state index contributed by atoms with van der Waals surface area (Å²) >= 11 is 0. The summed E-state index contributed by atoms with van der Waals surface area (Å²) in [5.41, 5.74) is -0.549. The van der Waals surface area contributed by atoms with E-state index in [0.29, 0.717) is 12.0 Å². The topological polar surface area (TPSA) is 59.1 Å². The van der Waals surface area contributed by atoms with Crippen LogP contribution in [0.3, 0.4) is 0 Å². The van der Waals surface area contributed by atoms with Gasteiger partial charge in [-0.25, -0.2) is 4.98 Å². The quantitative estimate of drug-likeness (QED) is 0.605. The molecule has 2 aromatic rings. The molecule has 0 aliphatic carbocycles. The highest BCUT2D eigenvalue weighted by atomic mass is 19.4. The van der Waals surface area contributed by atoms with E-state index in [1.54, 1.807) is 6.92 Å². The first-order chi connectivity index (χ1) is 12.9. The summed E-state index contributed by atoms with van der Waals surface area (Å²) in [6, 6.07) is 3.99. The average Bonchev–Trinajstić information content (AvgIpc) is 2.55. The van der Waals surface area contributed by atoms with Gasteiger partial charge in [0, 0.05) is 17.8 Å². The summed E-state index contributed by atoms with van der Waals surface area (Å²) in [6.07, 6.45) is -8.89. The number of halogens is 6. The molecule has 0 aliphatic rings. The summed E-state index contributed by atoms with van der Waals surface area (Å²) in [7, 11) is 0. The van der Waals surface area contributed by atoms with Gasteiger partial charge in [-0.1, -0.05) is 6.92 Å². The maximum absolute atomic E-state index is 13.1. The number of aryl methyl sites for hydroxylation is 1. The maximum Gasteiger partial charge on any atom is 0.573 e. The second-order valence-electron chi connectivity index (χ2n) is 6.06. The minimum Gasteiger partial charge on any atom is -0.406 e. The number of hydrogen-bond acceptors (Lipinski definition) is 5. The Morgan fingerprint density at radius 2 is 1.75 bits per heavy atom. The van der Waals surface area contributed by atoms with Gasteiger partial charge in [0.15, 0.2) is 5.69 Å². The summed E-state index contributed by atoms with van der Waals surface area (Å²) in [6.45, 7) is 5.09. The standard InChI is InChI=1S/C17H18F6N4O/c1-4-10(3)24-15-26-13(16(18,19)20)8-14(27-15)25-12-6-5-11(7-9(12)2)28-17(21,22)23/h5-8,10H,4H2,1-3H3,(H2,24,25,26,27)/t10-/m0/s1. The van der Waals surface area contributed by atoms with Crippen molar-refractivity contribution in [1.29, 1.82) is 0 Å². The minimum atomic E-state index is -4.84. The van der Waals surface area contributed by atoms with Crippen LogP contribution in [0.5, 0.6) is 5.75 Å². The summed E-state index contributed by atoms with van der Waals surface area (Å²) in [5.74, 6) is -0.796. The Labute approximate surface area is 157 Å². The second-order valence-corrected chi connectivity index (χ2v) is 6.06. The molecule has 1 aromatic heterocycles. The third-order valence-corrected chi connectivity index (χ3v) is 3.70. The second kappa shape index (κ2) is 8.11. The van der Waals surface area contributed by atoms with Crippen molar-refractivity contribution < 1.29 is 31.1 Å². The lowest BCUT2D eigenvalue weighted by Gasteiger charge is -2.16. The van der Waals surface area contributed by atoms with Gasteiger partial charge in [0.1, 0.15) is 11.6 Å². The molecule has 0 radical (unpaired) electrons. The number of aromatic nitrogens is 2. The molecule has 0 spiro atoms. The van der Waals surface area contributed by atoms with Crippen molar-refractivity contribution in [3.8, 4) is 5.75 Å². The van der Waals surface area contributed by atoms with Crippen molar-refractivity contribution >= 4 is 17.5 Å². The Morgan fingerprint density at radius 1 is 1.07 bits per heavy atom. The molecule has 0 bridgehead atoms. The lowest BCUT2D eigenvalue weighted by atomic mass is 10.2. The lowest BCUT2D eigenvalue weighted by Crippen LogP contribution is -2.19. The van der Waals surface area contributed by atoms with Crippen LogP contribution in [0.4, 0.5) is 43.8 Å². The van der Waals surface area contributed by atoms with Gasteiger partial charge in [0.05, 0.1) is 0 Å². The Morgan fingerprint density at radius 3 is 2.29 bits per heavy atom. The molecule has 0 amide bonds. The zero-order valence-corrected chi connectivity index (χ0v) is 15.2. The summed E-state index contributed by atoms with van der Waals surface area (Å²) < 4.78 is 80.1. The number of nitrogens with zero attached hydrogens (tertiary/aromatic N) is 2. The van der Waals surface area contributed by atoms with Gasteiger partial charge in [-0.2, -0.15) is 18.2 Å². The largest absolute Gasteiger partial charge is 0.573 e. The van der Waals surface area contributed by atoms with Crippen LogP contribution in [0.2, 0.25) is 0 Å². The Hall–Kier alpha value is -2.72. The van der Waals surface area contributed by atoms with E-state index in [2.05, 4.69) is 25.3 Å². The van der Waals surface area contributed by atoms with Crippen molar-refractivity contribution in [2.45, 2.75) is 45.8 Å². The predicted octanol–water partition coefficient (Wildman–Crippen LogP) is 5.66. The molecule has 0 saturated heterocycles. The van der Waals surface area contributed by atoms with E-state index in [-0.39, 0.29) is 23.5 Å².